The molecule has 2 aromatic heterocycles. The summed E-state index contributed by atoms with van der Waals surface area (Å²) in [5.41, 5.74) is 4.71. The zero-order valence-corrected chi connectivity index (χ0v) is 13.7. The molecule has 0 saturated heterocycles. The van der Waals surface area contributed by atoms with Crippen molar-refractivity contribution < 1.29 is 0 Å². The van der Waals surface area contributed by atoms with Crippen LogP contribution in [0.25, 0.3) is 0 Å². The lowest BCUT2D eigenvalue weighted by Crippen LogP contribution is -2.22. The molecule has 2 aromatic rings. The second-order valence-corrected chi connectivity index (χ2v) is 6.89. The number of nitrogens with one attached hydrogen (secondary N) is 1. The molecule has 0 spiro atoms. The van der Waals surface area contributed by atoms with E-state index >= 15 is 0 Å². The molecule has 0 aromatic carbocycles. The third-order valence-corrected chi connectivity index (χ3v) is 4.56. The average molecular weight is 302 g/mol. The Morgan fingerprint density at radius 1 is 1.38 bits per heavy atom. The molecule has 1 aliphatic rings. The minimum Gasteiger partial charge on any atom is -0.368 e. The van der Waals surface area contributed by atoms with Gasteiger partial charge < -0.3 is 10.2 Å². The first-order chi connectivity index (χ1) is 10.1. The van der Waals surface area contributed by atoms with Crippen molar-refractivity contribution in [3.05, 3.63) is 39.6 Å². The Bertz CT molecular complexity index is 618. The van der Waals surface area contributed by atoms with Crippen molar-refractivity contribution in [3.63, 3.8) is 0 Å². The van der Waals surface area contributed by atoms with Crippen molar-refractivity contribution in [2.75, 3.05) is 11.9 Å². The summed E-state index contributed by atoms with van der Waals surface area (Å²) in [5.74, 6) is 0. The normalized spacial score (nSPS) is 14.4. The third-order valence-electron chi connectivity index (χ3n) is 3.73. The lowest BCUT2D eigenvalue weighted by atomic mass is 10.2. The van der Waals surface area contributed by atoms with Gasteiger partial charge in [0.15, 0.2) is 0 Å². The fourth-order valence-corrected chi connectivity index (χ4v) is 3.02. The molecule has 112 valence electrons. The van der Waals surface area contributed by atoms with Crippen LogP contribution >= 0.6 is 11.3 Å². The van der Waals surface area contributed by atoms with E-state index in [0.717, 1.165) is 29.5 Å². The molecule has 3 rings (SSSR count). The molecule has 1 saturated carbocycles. The molecule has 0 amide bonds. The molecule has 0 bridgehead atoms. The predicted octanol–water partition coefficient (Wildman–Crippen LogP) is 3.04. The van der Waals surface area contributed by atoms with Crippen LogP contribution in [0, 0.1) is 13.8 Å². The van der Waals surface area contributed by atoms with Crippen LogP contribution in [0.5, 0.6) is 0 Å². The zero-order valence-electron chi connectivity index (χ0n) is 12.9. The smallest absolute Gasteiger partial charge is 0.0898 e. The summed E-state index contributed by atoms with van der Waals surface area (Å²) in [6, 6.07) is 2.88. The Morgan fingerprint density at radius 2 is 2.19 bits per heavy atom. The number of nitrogens with zero attached hydrogens (tertiary/aromatic N) is 3. The van der Waals surface area contributed by atoms with Crippen LogP contribution in [-0.2, 0) is 13.1 Å². The number of aromatic nitrogens is 2. The van der Waals surface area contributed by atoms with E-state index in [2.05, 4.69) is 45.6 Å². The molecule has 1 aliphatic carbocycles. The van der Waals surface area contributed by atoms with Gasteiger partial charge >= 0.3 is 0 Å². The Kier molecular flexibility index (Phi) is 4.22. The zero-order chi connectivity index (χ0) is 14.8. The van der Waals surface area contributed by atoms with Crippen molar-refractivity contribution in [2.24, 2.45) is 0 Å². The second kappa shape index (κ2) is 6.12. The number of hydrogen-bond acceptors (Lipinski definition) is 5. The molecule has 4 nitrogen and oxygen atoms in total. The van der Waals surface area contributed by atoms with Gasteiger partial charge in [0.2, 0.25) is 0 Å². The highest BCUT2D eigenvalue weighted by Gasteiger charge is 2.21. The maximum absolute atomic E-state index is 4.56. The van der Waals surface area contributed by atoms with Crippen LogP contribution in [0.1, 0.15) is 34.8 Å². The summed E-state index contributed by atoms with van der Waals surface area (Å²) >= 11 is 1.71. The number of aryl methyl sites for hydroxylation is 2. The van der Waals surface area contributed by atoms with Crippen molar-refractivity contribution in [1.29, 1.82) is 0 Å². The van der Waals surface area contributed by atoms with E-state index < -0.39 is 0 Å². The molecular formula is C16H22N4S. The Balaban J connectivity index is 1.75. The van der Waals surface area contributed by atoms with E-state index in [0.29, 0.717) is 6.04 Å². The van der Waals surface area contributed by atoms with E-state index in [1.165, 1.54) is 24.1 Å². The highest BCUT2D eigenvalue weighted by molar-refractivity contribution is 7.09. The monoisotopic (exact) mass is 302 g/mol. The van der Waals surface area contributed by atoms with Crippen molar-refractivity contribution >= 4 is 17.0 Å². The van der Waals surface area contributed by atoms with Gasteiger partial charge in [0.1, 0.15) is 0 Å². The van der Waals surface area contributed by atoms with Gasteiger partial charge in [-0.05, 0) is 32.8 Å². The average Bonchev–Trinajstić information content (AvgIpc) is 3.20. The number of pyridine rings is 1. The first kappa shape index (κ1) is 14.5. The van der Waals surface area contributed by atoms with Gasteiger partial charge in [-0.15, -0.1) is 11.3 Å². The van der Waals surface area contributed by atoms with Gasteiger partial charge in [0, 0.05) is 48.2 Å². The van der Waals surface area contributed by atoms with Gasteiger partial charge in [-0.25, -0.2) is 4.98 Å². The summed E-state index contributed by atoms with van der Waals surface area (Å²) in [4.78, 5) is 11.3. The number of rotatable bonds is 6. The third kappa shape index (κ3) is 3.80. The molecule has 21 heavy (non-hydrogen) atoms. The quantitative estimate of drug-likeness (QED) is 0.890. The molecule has 0 radical (unpaired) electrons. The van der Waals surface area contributed by atoms with Crippen LogP contribution in [0.15, 0.2) is 17.6 Å². The van der Waals surface area contributed by atoms with Crippen molar-refractivity contribution in [2.45, 2.75) is 45.8 Å². The SMILES string of the molecule is Cc1cc(N(C)Cc2csc(C)n2)c(CNC2CC2)cn1. The van der Waals surface area contributed by atoms with E-state index in [9.17, 15) is 0 Å². The molecule has 0 unspecified atom stereocenters. The minimum atomic E-state index is 0.714. The summed E-state index contributed by atoms with van der Waals surface area (Å²) in [5, 5.41) is 6.84. The number of thiazole rings is 1. The van der Waals surface area contributed by atoms with Crippen molar-refractivity contribution in [3.8, 4) is 0 Å². The summed E-state index contributed by atoms with van der Waals surface area (Å²) < 4.78 is 0. The Labute approximate surface area is 130 Å². The fraction of sp³-hybridized carbons (Fsp3) is 0.500. The van der Waals surface area contributed by atoms with Gasteiger partial charge in [-0.1, -0.05) is 0 Å². The van der Waals surface area contributed by atoms with Crippen LogP contribution in [-0.4, -0.2) is 23.1 Å². The minimum absolute atomic E-state index is 0.714. The highest BCUT2D eigenvalue weighted by Crippen LogP contribution is 2.24. The molecule has 1 fully saturated rings. The topological polar surface area (TPSA) is 41.1 Å². The fourth-order valence-electron chi connectivity index (χ4n) is 2.42. The summed E-state index contributed by atoms with van der Waals surface area (Å²) in [6.07, 6.45) is 4.62. The van der Waals surface area contributed by atoms with Crippen molar-refractivity contribution in [1.82, 2.24) is 15.3 Å². The second-order valence-electron chi connectivity index (χ2n) is 5.82. The molecule has 2 heterocycles. The lowest BCUT2D eigenvalue weighted by Gasteiger charge is -2.22. The van der Waals surface area contributed by atoms with E-state index in [4.69, 9.17) is 0 Å². The van der Waals surface area contributed by atoms with Gasteiger partial charge in [-0.3, -0.25) is 4.98 Å². The molecule has 0 atom stereocenters. The number of anilines is 1. The van der Waals surface area contributed by atoms with E-state index in [-0.39, 0.29) is 0 Å². The van der Waals surface area contributed by atoms with E-state index in [1.54, 1.807) is 11.3 Å². The van der Waals surface area contributed by atoms with Crippen LogP contribution in [0.3, 0.4) is 0 Å². The lowest BCUT2D eigenvalue weighted by molar-refractivity contribution is 0.682. The first-order valence-electron chi connectivity index (χ1n) is 7.43. The predicted molar refractivity (Wildman–Crippen MR) is 87.8 cm³/mol. The summed E-state index contributed by atoms with van der Waals surface area (Å²) in [6.45, 7) is 5.83. The van der Waals surface area contributed by atoms with Crippen LogP contribution in [0.4, 0.5) is 5.69 Å². The molecule has 0 aliphatic heterocycles. The molecule has 1 N–H and O–H groups in total. The maximum Gasteiger partial charge on any atom is 0.0898 e. The first-order valence-corrected chi connectivity index (χ1v) is 8.31. The number of hydrogen-bond donors (Lipinski definition) is 1. The van der Waals surface area contributed by atoms with Gasteiger partial charge in [0.25, 0.3) is 0 Å². The maximum atomic E-state index is 4.56. The summed E-state index contributed by atoms with van der Waals surface area (Å²) in [7, 11) is 2.13. The Hall–Kier alpha value is -1.46. The van der Waals surface area contributed by atoms with Gasteiger partial charge in [-0.2, -0.15) is 0 Å². The Morgan fingerprint density at radius 3 is 2.86 bits per heavy atom. The standard InChI is InChI=1S/C16H22N4S/c1-11-6-16(13(7-17-11)8-18-14-4-5-14)20(3)9-15-10-21-12(2)19-15/h6-7,10,14,18H,4-5,8-9H2,1-3H3. The van der Waals surface area contributed by atoms with Gasteiger partial charge in [0.05, 0.1) is 17.2 Å². The largest absolute Gasteiger partial charge is 0.368 e. The van der Waals surface area contributed by atoms with Crippen LogP contribution < -0.4 is 10.2 Å². The highest BCUT2D eigenvalue weighted by atomic mass is 32.1. The molecular weight excluding hydrogens is 280 g/mol. The van der Waals surface area contributed by atoms with E-state index in [1.807, 2.05) is 13.1 Å². The van der Waals surface area contributed by atoms with Crippen LogP contribution in [0.2, 0.25) is 0 Å². The molecule has 5 heteroatoms.